The lowest BCUT2D eigenvalue weighted by molar-refractivity contribution is -0.113. The molecule has 3 rings (SSSR count). The maximum absolute atomic E-state index is 12.4. The first-order valence-electron chi connectivity index (χ1n) is 8.81. The van der Waals surface area contributed by atoms with Gasteiger partial charge in [-0.2, -0.15) is 4.68 Å². The molecule has 1 N–H and O–H groups in total. The van der Waals surface area contributed by atoms with Crippen LogP contribution in [0.1, 0.15) is 6.92 Å². The molecule has 2 aromatic carbocycles. The van der Waals surface area contributed by atoms with Crippen LogP contribution in [0.4, 0.5) is 5.69 Å². The van der Waals surface area contributed by atoms with Crippen molar-refractivity contribution in [1.29, 1.82) is 0 Å². The van der Waals surface area contributed by atoms with E-state index in [1.807, 2.05) is 31.2 Å². The lowest BCUT2D eigenvalue weighted by atomic mass is 10.2. The van der Waals surface area contributed by atoms with Crippen LogP contribution in [0.25, 0.3) is 5.69 Å². The van der Waals surface area contributed by atoms with Crippen molar-refractivity contribution < 1.29 is 19.0 Å². The predicted octanol–water partition coefficient (Wildman–Crippen LogP) is 2.81. The summed E-state index contributed by atoms with van der Waals surface area (Å²) in [5.41, 5.74) is 1.29. The first kappa shape index (κ1) is 20.5. The Hall–Kier alpha value is -3.27. The molecule has 3 aromatic rings. The van der Waals surface area contributed by atoms with Gasteiger partial charge in [0.05, 0.1) is 26.6 Å². The predicted molar refractivity (Wildman–Crippen MR) is 109 cm³/mol. The van der Waals surface area contributed by atoms with Crippen molar-refractivity contribution in [3.05, 3.63) is 42.5 Å². The second-order valence-electron chi connectivity index (χ2n) is 5.71. The van der Waals surface area contributed by atoms with E-state index in [1.54, 1.807) is 37.1 Å². The van der Waals surface area contributed by atoms with Crippen LogP contribution in [0.15, 0.2) is 47.6 Å². The highest BCUT2D eigenvalue weighted by Crippen LogP contribution is 2.27. The number of hydrogen-bond acceptors (Lipinski definition) is 8. The molecule has 0 saturated carbocycles. The number of methoxy groups -OCH3 is 2. The third-order valence-electron chi connectivity index (χ3n) is 3.80. The van der Waals surface area contributed by atoms with Crippen molar-refractivity contribution in [2.45, 2.75) is 12.1 Å². The number of nitrogens with one attached hydrogen (secondary N) is 1. The van der Waals surface area contributed by atoms with Gasteiger partial charge in [-0.05, 0) is 29.5 Å². The van der Waals surface area contributed by atoms with Gasteiger partial charge in [0.1, 0.15) is 22.9 Å². The fourth-order valence-electron chi connectivity index (χ4n) is 2.54. The molecule has 0 bridgehead atoms. The molecular weight excluding hydrogens is 394 g/mol. The number of nitrogens with zero attached hydrogens (tertiary/aromatic N) is 4. The SMILES string of the molecule is CCOc1ccccc1-n1nnnc1SCC(=O)Nc1cc(OC)cc(OC)c1. The van der Waals surface area contributed by atoms with Crippen LogP contribution < -0.4 is 19.5 Å². The summed E-state index contributed by atoms with van der Waals surface area (Å²) < 4.78 is 17.6. The standard InChI is InChI=1S/C19H21N5O4S/c1-4-28-17-8-6-5-7-16(17)24-19(21-22-23-24)29-12-18(25)20-13-9-14(26-2)11-15(10-13)27-3/h5-11H,4,12H2,1-3H3,(H,20,25). The summed E-state index contributed by atoms with van der Waals surface area (Å²) in [5.74, 6) is 1.75. The van der Waals surface area contributed by atoms with E-state index in [-0.39, 0.29) is 11.7 Å². The Kier molecular flexibility index (Phi) is 6.90. The Balaban J connectivity index is 1.69. The molecule has 0 spiro atoms. The first-order chi connectivity index (χ1) is 14.1. The molecule has 1 amide bonds. The van der Waals surface area contributed by atoms with Gasteiger partial charge in [-0.1, -0.05) is 23.9 Å². The minimum Gasteiger partial charge on any atom is -0.497 e. The minimum atomic E-state index is -0.210. The molecule has 0 atom stereocenters. The van der Waals surface area contributed by atoms with Crippen molar-refractivity contribution in [2.75, 3.05) is 31.9 Å². The highest BCUT2D eigenvalue weighted by Gasteiger charge is 2.15. The number of para-hydroxylation sites is 2. The molecule has 1 aromatic heterocycles. The number of rotatable bonds is 9. The average molecular weight is 415 g/mol. The molecule has 0 aliphatic heterocycles. The van der Waals surface area contributed by atoms with Crippen molar-refractivity contribution in [1.82, 2.24) is 20.2 Å². The van der Waals surface area contributed by atoms with E-state index in [9.17, 15) is 4.79 Å². The Labute approximate surface area is 172 Å². The Bertz CT molecular complexity index is 956. The molecule has 0 unspecified atom stereocenters. The van der Waals surface area contributed by atoms with E-state index in [2.05, 4.69) is 20.8 Å². The smallest absolute Gasteiger partial charge is 0.234 e. The monoisotopic (exact) mass is 415 g/mol. The number of carbonyl (C=O) groups excluding carboxylic acids is 1. The molecule has 152 valence electrons. The second-order valence-corrected chi connectivity index (χ2v) is 6.65. The van der Waals surface area contributed by atoms with Crippen LogP contribution in [0.3, 0.4) is 0 Å². The molecule has 10 heteroatoms. The number of anilines is 1. The van der Waals surface area contributed by atoms with Gasteiger partial charge >= 0.3 is 0 Å². The number of ether oxygens (including phenoxy) is 3. The van der Waals surface area contributed by atoms with Gasteiger partial charge in [-0.3, -0.25) is 4.79 Å². The maximum atomic E-state index is 12.4. The summed E-state index contributed by atoms with van der Waals surface area (Å²) in [6, 6.07) is 12.6. The minimum absolute atomic E-state index is 0.122. The third kappa shape index (κ3) is 5.17. The van der Waals surface area contributed by atoms with Crippen molar-refractivity contribution in [3.63, 3.8) is 0 Å². The molecule has 29 heavy (non-hydrogen) atoms. The largest absolute Gasteiger partial charge is 0.497 e. The van der Waals surface area contributed by atoms with Crippen molar-refractivity contribution in [3.8, 4) is 22.9 Å². The molecule has 0 fully saturated rings. The zero-order valence-electron chi connectivity index (χ0n) is 16.3. The van der Waals surface area contributed by atoms with Crippen molar-refractivity contribution in [2.24, 2.45) is 0 Å². The normalized spacial score (nSPS) is 10.4. The van der Waals surface area contributed by atoms with Gasteiger partial charge in [-0.25, -0.2) is 0 Å². The summed E-state index contributed by atoms with van der Waals surface area (Å²) in [6.07, 6.45) is 0. The summed E-state index contributed by atoms with van der Waals surface area (Å²) in [6.45, 7) is 2.43. The lowest BCUT2D eigenvalue weighted by Crippen LogP contribution is -2.15. The Morgan fingerprint density at radius 1 is 1.14 bits per heavy atom. The quantitative estimate of drug-likeness (QED) is 0.533. The van der Waals surface area contributed by atoms with E-state index in [1.165, 1.54) is 11.8 Å². The molecule has 0 aliphatic carbocycles. The molecule has 0 radical (unpaired) electrons. The second kappa shape index (κ2) is 9.78. The summed E-state index contributed by atoms with van der Waals surface area (Å²) in [5, 5.41) is 15.1. The van der Waals surface area contributed by atoms with Crippen LogP contribution in [0.2, 0.25) is 0 Å². The van der Waals surface area contributed by atoms with Crippen LogP contribution in [-0.2, 0) is 4.79 Å². The van der Waals surface area contributed by atoms with E-state index in [0.717, 1.165) is 0 Å². The van der Waals surface area contributed by atoms with Gasteiger partial charge < -0.3 is 19.5 Å². The van der Waals surface area contributed by atoms with E-state index >= 15 is 0 Å². The summed E-state index contributed by atoms with van der Waals surface area (Å²) >= 11 is 1.22. The zero-order valence-corrected chi connectivity index (χ0v) is 17.1. The lowest BCUT2D eigenvalue weighted by Gasteiger charge is -2.11. The van der Waals surface area contributed by atoms with Gasteiger partial charge in [0.15, 0.2) is 0 Å². The number of hydrogen-bond donors (Lipinski definition) is 1. The number of aromatic nitrogens is 4. The zero-order chi connectivity index (χ0) is 20.6. The van der Waals surface area contributed by atoms with Gasteiger partial charge in [-0.15, -0.1) is 5.10 Å². The van der Waals surface area contributed by atoms with E-state index in [0.29, 0.717) is 40.4 Å². The third-order valence-corrected chi connectivity index (χ3v) is 4.72. The maximum Gasteiger partial charge on any atom is 0.234 e. The topological polar surface area (TPSA) is 100 Å². The number of amides is 1. The highest BCUT2D eigenvalue weighted by molar-refractivity contribution is 7.99. The number of carbonyl (C=O) groups is 1. The highest BCUT2D eigenvalue weighted by atomic mass is 32.2. The average Bonchev–Trinajstić information content (AvgIpc) is 3.21. The van der Waals surface area contributed by atoms with E-state index < -0.39 is 0 Å². The van der Waals surface area contributed by atoms with Crippen LogP contribution >= 0.6 is 11.8 Å². The summed E-state index contributed by atoms with van der Waals surface area (Å²) in [4.78, 5) is 12.4. The van der Waals surface area contributed by atoms with Crippen LogP contribution in [-0.4, -0.2) is 52.7 Å². The number of thioether (sulfide) groups is 1. The molecule has 9 nitrogen and oxygen atoms in total. The fourth-order valence-corrected chi connectivity index (χ4v) is 3.22. The van der Waals surface area contributed by atoms with Crippen LogP contribution in [0, 0.1) is 0 Å². The van der Waals surface area contributed by atoms with Gasteiger partial charge in [0, 0.05) is 23.9 Å². The molecule has 0 saturated heterocycles. The van der Waals surface area contributed by atoms with Gasteiger partial charge in [0.2, 0.25) is 11.1 Å². The molecule has 0 aliphatic rings. The van der Waals surface area contributed by atoms with Gasteiger partial charge in [0.25, 0.3) is 0 Å². The Morgan fingerprint density at radius 2 is 1.86 bits per heavy atom. The molecule has 1 heterocycles. The fraction of sp³-hybridized carbons (Fsp3) is 0.263. The molecular formula is C19H21N5O4S. The first-order valence-corrected chi connectivity index (χ1v) is 9.79. The van der Waals surface area contributed by atoms with E-state index in [4.69, 9.17) is 14.2 Å². The van der Waals surface area contributed by atoms with Crippen LogP contribution in [0.5, 0.6) is 17.2 Å². The number of tetrazole rings is 1. The van der Waals surface area contributed by atoms with Crippen molar-refractivity contribution >= 4 is 23.4 Å². The summed E-state index contributed by atoms with van der Waals surface area (Å²) in [7, 11) is 3.10. The Morgan fingerprint density at radius 3 is 2.55 bits per heavy atom. The number of benzene rings is 2.